The lowest BCUT2D eigenvalue weighted by atomic mass is 10.3. The fourth-order valence-electron chi connectivity index (χ4n) is 1.06. The van der Waals surface area contributed by atoms with Crippen LogP contribution >= 0.6 is 22.6 Å². The zero-order chi connectivity index (χ0) is 10.7. The molecule has 5 heteroatoms. The SMILES string of the molecule is Nc1cncnc1Oc1cccc(I)c1. The predicted octanol–water partition coefficient (Wildman–Crippen LogP) is 2.46. The fraction of sp³-hybridized carbons (Fsp3) is 0. The molecule has 0 aliphatic rings. The molecule has 0 saturated carbocycles. The molecule has 0 aliphatic heterocycles. The van der Waals surface area contributed by atoms with Crippen LogP contribution in [0.3, 0.4) is 0 Å². The van der Waals surface area contributed by atoms with Crippen LogP contribution in [0.1, 0.15) is 0 Å². The normalized spacial score (nSPS) is 9.93. The Morgan fingerprint density at radius 2 is 2.20 bits per heavy atom. The Hall–Kier alpha value is -1.37. The Bertz CT molecular complexity index is 476. The number of nitrogens with two attached hydrogens (primary N) is 1. The molecule has 1 heterocycles. The van der Waals surface area contributed by atoms with E-state index in [9.17, 15) is 0 Å². The van der Waals surface area contributed by atoms with Crippen LogP contribution in [0.15, 0.2) is 36.8 Å². The highest BCUT2D eigenvalue weighted by Crippen LogP contribution is 2.24. The summed E-state index contributed by atoms with van der Waals surface area (Å²) in [6.45, 7) is 0. The van der Waals surface area contributed by atoms with Gasteiger partial charge >= 0.3 is 0 Å². The Morgan fingerprint density at radius 1 is 1.33 bits per heavy atom. The minimum Gasteiger partial charge on any atom is -0.437 e. The molecule has 0 unspecified atom stereocenters. The maximum absolute atomic E-state index is 5.65. The zero-order valence-corrected chi connectivity index (χ0v) is 9.88. The molecule has 0 saturated heterocycles. The molecule has 4 nitrogen and oxygen atoms in total. The summed E-state index contributed by atoms with van der Waals surface area (Å²) in [5.41, 5.74) is 6.08. The molecule has 1 aromatic heterocycles. The predicted molar refractivity (Wildman–Crippen MR) is 65.7 cm³/mol. The van der Waals surface area contributed by atoms with E-state index in [2.05, 4.69) is 32.6 Å². The lowest BCUT2D eigenvalue weighted by Gasteiger charge is -2.06. The summed E-state index contributed by atoms with van der Waals surface area (Å²) in [7, 11) is 0. The maximum Gasteiger partial charge on any atom is 0.245 e. The standard InChI is InChI=1S/C10H8IN3O/c11-7-2-1-3-8(4-7)15-10-9(12)5-13-6-14-10/h1-6H,12H2. The van der Waals surface area contributed by atoms with Gasteiger partial charge in [-0.2, -0.15) is 4.98 Å². The smallest absolute Gasteiger partial charge is 0.245 e. The van der Waals surface area contributed by atoms with Gasteiger partial charge in [0, 0.05) is 3.57 Å². The number of rotatable bonds is 2. The molecule has 15 heavy (non-hydrogen) atoms. The van der Waals surface area contributed by atoms with Gasteiger partial charge in [-0.05, 0) is 40.8 Å². The van der Waals surface area contributed by atoms with Gasteiger partial charge in [0.15, 0.2) is 0 Å². The minimum atomic E-state index is 0.381. The first-order chi connectivity index (χ1) is 7.25. The van der Waals surface area contributed by atoms with Crippen molar-refractivity contribution in [3.8, 4) is 11.6 Å². The van der Waals surface area contributed by atoms with E-state index in [0.717, 1.165) is 3.57 Å². The van der Waals surface area contributed by atoms with Gasteiger partial charge in [-0.1, -0.05) is 6.07 Å². The maximum atomic E-state index is 5.65. The number of hydrogen-bond acceptors (Lipinski definition) is 4. The number of aromatic nitrogens is 2. The molecule has 0 spiro atoms. The largest absolute Gasteiger partial charge is 0.437 e. The van der Waals surface area contributed by atoms with Crippen molar-refractivity contribution in [1.29, 1.82) is 0 Å². The minimum absolute atomic E-state index is 0.381. The molecule has 2 aromatic rings. The monoisotopic (exact) mass is 313 g/mol. The first-order valence-corrected chi connectivity index (χ1v) is 5.32. The summed E-state index contributed by atoms with van der Waals surface area (Å²) in [6.07, 6.45) is 2.91. The summed E-state index contributed by atoms with van der Waals surface area (Å²) in [4.78, 5) is 7.73. The van der Waals surface area contributed by atoms with Gasteiger partial charge < -0.3 is 10.5 Å². The summed E-state index contributed by atoms with van der Waals surface area (Å²) < 4.78 is 6.60. The van der Waals surface area contributed by atoms with E-state index in [1.165, 1.54) is 12.5 Å². The van der Waals surface area contributed by atoms with E-state index in [0.29, 0.717) is 17.3 Å². The molecule has 0 amide bonds. The van der Waals surface area contributed by atoms with E-state index in [1.807, 2.05) is 24.3 Å². The summed E-state index contributed by atoms with van der Waals surface area (Å²) in [5.74, 6) is 1.10. The second-order valence-corrected chi connectivity index (χ2v) is 4.09. The topological polar surface area (TPSA) is 61.0 Å². The molecular formula is C10H8IN3O. The number of nitrogen functional groups attached to an aromatic ring is 1. The molecule has 2 N–H and O–H groups in total. The highest BCUT2D eigenvalue weighted by Gasteiger charge is 2.02. The number of benzene rings is 1. The molecule has 0 fully saturated rings. The molecule has 2 rings (SSSR count). The molecule has 76 valence electrons. The Morgan fingerprint density at radius 3 is 2.93 bits per heavy atom. The molecule has 0 bridgehead atoms. The third-order valence-electron chi connectivity index (χ3n) is 1.71. The zero-order valence-electron chi connectivity index (χ0n) is 7.72. The quantitative estimate of drug-likeness (QED) is 0.865. The molecule has 0 atom stereocenters. The van der Waals surface area contributed by atoms with Crippen molar-refractivity contribution in [3.05, 3.63) is 40.4 Å². The molecule has 1 aromatic carbocycles. The van der Waals surface area contributed by atoms with Gasteiger partial charge in [-0.15, -0.1) is 0 Å². The lowest BCUT2D eigenvalue weighted by Crippen LogP contribution is -1.95. The van der Waals surface area contributed by atoms with Crippen molar-refractivity contribution in [2.75, 3.05) is 5.73 Å². The van der Waals surface area contributed by atoms with Crippen molar-refractivity contribution in [2.45, 2.75) is 0 Å². The molecule has 0 radical (unpaired) electrons. The lowest BCUT2D eigenvalue weighted by molar-refractivity contribution is 0.464. The highest BCUT2D eigenvalue weighted by atomic mass is 127. The van der Waals surface area contributed by atoms with Gasteiger partial charge in [0.2, 0.25) is 5.88 Å². The van der Waals surface area contributed by atoms with Crippen molar-refractivity contribution in [3.63, 3.8) is 0 Å². The average molecular weight is 313 g/mol. The van der Waals surface area contributed by atoms with Crippen LogP contribution in [-0.4, -0.2) is 9.97 Å². The second kappa shape index (κ2) is 4.43. The summed E-state index contributed by atoms with van der Waals surface area (Å²) in [6, 6.07) is 7.65. The summed E-state index contributed by atoms with van der Waals surface area (Å²) >= 11 is 2.21. The number of nitrogens with zero attached hydrogens (tertiary/aromatic N) is 2. The third kappa shape index (κ3) is 2.56. The van der Waals surface area contributed by atoms with Crippen molar-refractivity contribution < 1.29 is 4.74 Å². The number of halogens is 1. The first-order valence-electron chi connectivity index (χ1n) is 4.24. The molecule has 0 aliphatic carbocycles. The van der Waals surface area contributed by atoms with Gasteiger partial charge in [0.1, 0.15) is 17.8 Å². The van der Waals surface area contributed by atoms with Gasteiger partial charge in [-0.25, -0.2) is 4.98 Å². The Balaban J connectivity index is 2.26. The van der Waals surface area contributed by atoms with E-state index >= 15 is 0 Å². The number of hydrogen-bond donors (Lipinski definition) is 1. The van der Waals surface area contributed by atoms with Gasteiger partial charge in [0.05, 0.1) is 6.20 Å². The molecular weight excluding hydrogens is 305 g/mol. The number of ether oxygens (including phenoxy) is 1. The first kappa shape index (κ1) is 10.2. The van der Waals surface area contributed by atoms with E-state index < -0.39 is 0 Å². The van der Waals surface area contributed by atoms with E-state index in [4.69, 9.17) is 10.5 Å². The van der Waals surface area contributed by atoms with Gasteiger partial charge in [0.25, 0.3) is 0 Å². The van der Waals surface area contributed by atoms with Crippen LogP contribution in [0.5, 0.6) is 11.6 Å². The van der Waals surface area contributed by atoms with Crippen LogP contribution in [0, 0.1) is 3.57 Å². The second-order valence-electron chi connectivity index (χ2n) is 2.84. The Kier molecular flexibility index (Phi) is 3.00. The van der Waals surface area contributed by atoms with Crippen molar-refractivity contribution in [2.24, 2.45) is 0 Å². The summed E-state index contributed by atoms with van der Waals surface area (Å²) in [5, 5.41) is 0. The van der Waals surface area contributed by atoms with Crippen molar-refractivity contribution >= 4 is 28.3 Å². The van der Waals surface area contributed by atoms with Crippen LogP contribution in [0.4, 0.5) is 5.69 Å². The number of anilines is 1. The van der Waals surface area contributed by atoms with Crippen molar-refractivity contribution in [1.82, 2.24) is 9.97 Å². The van der Waals surface area contributed by atoms with Crippen LogP contribution in [0.25, 0.3) is 0 Å². The van der Waals surface area contributed by atoms with Gasteiger partial charge in [-0.3, -0.25) is 0 Å². The third-order valence-corrected chi connectivity index (χ3v) is 2.38. The highest BCUT2D eigenvalue weighted by molar-refractivity contribution is 14.1. The van der Waals surface area contributed by atoms with Crippen LogP contribution in [0.2, 0.25) is 0 Å². The van der Waals surface area contributed by atoms with E-state index in [1.54, 1.807) is 0 Å². The Labute approximate surface area is 101 Å². The average Bonchev–Trinajstić information content (AvgIpc) is 2.22. The van der Waals surface area contributed by atoms with Crippen LogP contribution < -0.4 is 10.5 Å². The van der Waals surface area contributed by atoms with Crippen LogP contribution in [-0.2, 0) is 0 Å². The fourth-order valence-corrected chi connectivity index (χ4v) is 1.57. The van der Waals surface area contributed by atoms with E-state index in [-0.39, 0.29) is 0 Å².